The highest BCUT2D eigenvalue weighted by atomic mass is 16.5. The maximum Gasteiger partial charge on any atom is 0.287 e. The van der Waals surface area contributed by atoms with Crippen LogP contribution in [0.1, 0.15) is 29.0 Å². The van der Waals surface area contributed by atoms with E-state index >= 15 is 0 Å². The number of benzene rings is 2. The highest BCUT2D eigenvalue weighted by Gasteiger charge is 2.10. The predicted molar refractivity (Wildman–Crippen MR) is 117 cm³/mol. The molecule has 7 nitrogen and oxygen atoms in total. The van der Waals surface area contributed by atoms with Gasteiger partial charge in [0.15, 0.2) is 5.65 Å². The van der Waals surface area contributed by atoms with Crippen LogP contribution in [0, 0.1) is 13.8 Å². The van der Waals surface area contributed by atoms with Crippen LogP contribution in [0.15, 0.2) is 70.0 Å². The number of nitrogens with one attached hydrogen (secondary N) is 1. The predicted octanol–water partition coefficient (Wildman–Crippen LogP) is 4.05. The first-order chi connectivity index (χ1) is 15.0. The second kappa shape index (κ2) is 8.87. The van der Waals surface area contributed by atoms with Crippen LogP contribution in [0.4, 0.5) is 5.69 Å². The Bertz CT molecular complexity index is 1280. The highest BCUT2D eigenvalue weighted by molar-refractivity contribution is 5.91. The summed E-state index contributed by atoms with van der Waals surface area (Å²) in [6.07, 6.45) is 1.07. The molecule has 0 aliphatic rings. The van der Waals surface area contributed by atoms with E-state index in [9.17, 15) is 9.59 Å². The topological polar surface area (TPSA) is 85.8 Å². The van der Waals surface area contributed by atoms with E-state index < -0.39 is 0 Å². The van der Waals surface area contributed by atoms with E-state index in [1.807, 2.05) is 49.4 Å². The van der Waals surface area contributed by atoms with E-state index in [0.29, 0.717) is 41.4 Å². The van der Waals surface area contributed by atoms with Crippen LogP contribution < -0.4 is 15.6 Å². The van der Waals surface area contributed by atoms with Gasteiger partial charge in [-0.1, -0.05) is 36.4 Å². The molecule has 0 spiro atoms. The Balaban J connectivity index is 1.40. The van der Waals surface area contributed by atoms with E-state index in [2.05, 4.69) is 10.3 Å². The van der Waals surface area contributed by atoms with Crippen molar-refractivity contribution in [1.29, 1.82) is 0 Å². The number of ether oxygens (including phenoxy) is 1. The van der Waals surface area contributed by atoms with Gasteiger partial charge >= 0.3 is 0 Å². The number of aromatic nitrogens is 2. The summed E-state index contributed by atoms with van der Waals surface area (Å²) in [6, 6.07) is 18.5. The Morgan fingerprint density at radius 3 is 2.71 bits per heavy atom. The Labute approximate surface area is 179 Å². The van der Waals surface area contributed by atoms with Gasteiger partial charge in [0.1, 0.15) is 18.1 Å². The molecule has 2 aromatic heterocycles. The van der Waals surface area contributed by atoms with Gasteiger partial charge in [0.25, 0.3) is 5.56 Å². The van der Waals surface area contributed by atoms with Crippen molar-refractivity contribution in [2.45, 2.75) is 33.3 Å². The first-order valence-electron chi connectivity index (χ1n) is 10.0. The van der Waals surface area contributed by atoms with Crippen molar-refractivity contribution in [3.8, 4) is 5.75 Å². The molecule has 0 radical (unpaired) electrons. The van der Waals surface area contributed by atoms with E-state index in [-0.39, 0.29) is 18.1 Å². The maximum absolute atomic E-state index is 12.3. The molecule has 0 atom stereocenters. The fraction of sp³-hybridized carbons (Fsp3) is 0.208. The Morgan fingerprint density at radius 1 is 1.10 bits per heavy atom. The largest absolute Gasteiger partial charge is 0.487 e. The third-order valence-electron chi connectivity index (χ3n) is 4.86. The number of rotatable bonds is 7. The molecule has 0 saturated carbocycles. The number of hydrogen-bond donors (Lipinski definition) is 1. The van der Waals surface area contributed by atoms with Crippen molar-refractivity contribution >= 4 is 17.2 Å². The van der Waals surface area contributed by atoms with Crippen molar-refractivity contribution in [2.24, 2.45) is 0 Å². The lowest BCUT2D eigenvalue weighted by atomic mass is 10.1. The molecule has 0 saturated heterocycles. The second-order valence-corrected chi connectivity index (χ2v) is 7.39. The Morgan fingerprint density at radius 2 is 1.90 bits per heavy atom. The van der Waals surface area contributed by atoms with Crippen molar-refractivity contribution in [1.82, 2.24) is 9.56 Å². The zero-order chi connectivity index (χ0) is 21.8. The third-order valence-corrected chi connectivity index (χ3v) is 4.86. The van der Waals surface area contributed by atoms with Gasteiger partial charge in [-0.15, -0.1) is 4.57 Å². The maximum atomic E-state index is 12.3. The van der Waals surface area contributed by atoms with Gasteiger partial charge in [0, 0.05) is 30.3 Å². The summed E-state index contributed by atoms with van der Waals surface area (Å²) >= 11 is 0. The Kier molecular flexibility index (Phi) is 5.84. The summed E-state index contributed by atoms with van der Waals surface area (Å²) in [5.41, 5.74) is 3.35. The summed E-state index contributed by atoms with van der Waals surface area (Å²) in [7, 11) is 0. The molecule has 1 amide bonds. The SMILES string of the molecule is Cc1cc2nc(COc3cc(NC(=O)CCc4ccccc4)ccc3C)cc(=O)n2o1. The van der Waals surface area contributed by atoms with E-state index in [1.165, 1.54) is 6.07 Å². The number of amides is 1. The average Bonchev–Trinajstić information content (AvgIpc) is 3.14. The average molecular weight is 417 g/mol. The molecule has 2 heterocycles. The standard InChI is InChI=1S/C24H23N3O4/c1-16-8-10-19(26-23(28)11-9-18-6-4-3-5-7-18)13-21(16)30-15-20-14-24(29)27-22(25-20)12-17(2)31-27/h3-8,10,12-14H,9,11,15H2,1-2H3,(H,26,28). The van der Waals surface area contributed by atoms with E-state index in [1.54, 1.807) is 19.1 Å². The lowest BCUT2D eigenvalue weighted by Gasteiger charge is -2.12. The van der Waals surface area contributed by atoms with E-state index in [4.69, 9.17) is 9.26 Å². The molecule has 0 aliphatic carbocycles. The number of fused-ring (bicyclic) bond motifs is 1. The summed E-state index contributed by atoms with van der Waals surface area (Å²) < 4.78 is 12.3. The number of carbonyl (C=O) groups is 1. The number of carbonyl (C=O) groups excluding carboxylic acids is 1. The molecule has 1 N–H and O–H groups in total. The van der Waals surface area contributed by atoms with Crippen LogP contribution >= 0.6 is 0 Å². The molecule has 0 unspecified atom stereocenters. The van der Waals surface area contributed by atoms with E-state index in [0.717, 1.165) is 15.7 Å². The summed E-state index contributed by atoms with van der Waals surface area (Å²) in [5, 5.41) is 2.91. The van der Waals surface area contributed by atoms with Crippen molar-refractivity contribution in [3.05, 3.63) is 93.6 Å². The molecule has 7 heteroatoms. The first kappa shape index (κ1) is 20.4. The number of anilines is 1. The van der Waals surface area contributed by atoms with Crippen LogP contribution in [0.25, 0.3) is 5.65 Å². The van der Waals surface area contributed by atoms with Gasteiger partial charge in [-0.05, 0) is 37.5 Å². The normalized spacial score (nSPS) is 10.9. The summed E-state index contributed by atoms with van der Waals surface area (Å²) in [6.45, 7) is 3.80. The Hall–Kier alpha value is -3.87. The molecule has 31 heavy (non-hydrogen) atoms. The first-order valence-corrected chi connectivity index (χ1v) is 10.0. The van der Waals surface area contributed by atoms with Gasteiger partial charge in [-0.3, -0.25) is 9.59 Å². The number of nitrogens with zero attached hydrogens (tertiary/aromatic N) is 2. The molecule has 158 valence electrons. The quantitative estimate of drug-likeness (QED) is 0.490. The monoisotopic (exact) mass is 417 g/mol. The molecule has 0 aliphatic heterocycles. The van der Waals surface area contributed by atoms with Crippen LogP contribution in [-0.2, 0) is 17.8 Å². The summed E-state index contributed by atoms with van der Waals surface area (Å²) in [5.74, 6) is 1.16. The van der Waals surface area contributed by atoms with Crippen molar-refractivity contribution in [3.63, 3.8) is 0 Å². The molecule has 0 fully saturated rings. The second-order valence-electron chi connectivity index (χ2n) is 7.39. The van der Waals surface area contributed by atoms with Gasteiger partial charge in [-0.25, -0.2) is 4.98 Å². The van der Waals surface area contributed by atoms with Crippen LogP contribution in [0.2, 0.25) is 0 Å². The minimum atomic E-state index is -0.298. The van der Waals surface area contributed by atoms with Crippen molar-refractivity contribution in [2.75, 3.05) is 5.32 Å². The minimum Gasteiger partial charge on any atom is -0.487 e. The molecular weight excluding hydrogens is 394 g/mol. The molecule has 4 aromatic rings. The molecule has 4 rings (SSSR count). The lowest BCUT2D eigenvalue weighted by Crippen LogP contribution is -2.14. The third kappa shape index (κ3) is 5.01. The highest BCUT2D eigenvalue weighted by Crippen LogP contribution is 2.24. The molecule has 0 bridgehead atoms. The zero-order valence-electron chi connectivity index (χ0n) is 17.4. The fourth-order valence-electron chi connectivity index (χ4n) is 3.26. The summed E-state index contributed by atoms with van der Waals surface area (Å²) in [4.78, 5) is 28.9. The van der Waals surface area contributed by atoms with Gasteiger partial charge in [0.2, 0.25) is 5.91 Å². The molecular formula is C24H23N3O4. The smallest absolute Gasteiger partial charge is 0.287 e. The van der Waals surface area contributed by atoms with Gasteiger partial charge in [0.05, 0.1) is 5.69 Å². The molecule has 2 aromatic carbocycles. The zero-order valence-corrected chi connectivity index (χ0v) is 17.4. The van der Waals surface area contributed by atoms with Gasteiger partial charge in [-0.2, -0.15) is 0 Å². The van der Waals surface area contributed by atoms with Crippen molar-refractivity contribution < 1.29 is 14.1 Å². The lowest BCUT2D eigenvalue weighted by molar-refractivity contribution is -0.116. The fourth-order valence-corrected chi connectivity index (χ4v) is 3.26. The minimum absolute atomic E-state index is 0.0610. The number of aryl methyl sites for hydroxylation is 3. The van der Waals surface area contributed by atoms with Crippen LogP contribution in [-0.4, -0.2) is 15.5 Å². The van der Waals surface area contributed by atoms with Gasteiger partial charge < -0.3 is 14.6 Å². The van der Waals surface area contributed by atoms with Crippen LogP contribution in [0.3, 0.4) is 0 Å². The number of hydrogen-bond acceptors (Lipinski definition) is 5. The van der Waals surface area contributed by atoms with Crippen LogP contribution in [0.5, 0.6) is 5.75 Å².